The average Bonchev–Trinajstić information content (AvgIpc) is 2.91. The van der Waals surface area contributed by atoms with E-state index in [1.807, 2.05) is 55.5 Å². The lowest BCUT2D eigenvalue weighted by molar-refractivity contribution is -0.115. The van der Waals surface area contributed by atoms with Gasteiger partial charge in [0.1, 0.15) is 11.6 Å². The number of hydrogen-bond donors (Lipinski definition) is 1. The van der Waals surface area contributed by atoms with E-state index in [9.17, 15) is 4.79 Å². The second-order valence-corrected chi connectivity index (χ2v) is 5.38. The number of ketones is 1. The standard InChI is InChI=1S/C18H17N3O/c1-12(11-13(2)22)19-15-9-7-14(8-10-15)18-20-16-5-3-4-6-17(16)21-18/h3-10H,11H2,1-2H3,(H,20,21). The summed E-state index contributed by atoms with van der Waals surface area (Å²) < 4.78 is 0. The predicted molar refractivity (Wildman–Crippen MR) is 89.6 cm³/mol. The largest absolute Gasteiger partial charge is 0.338 e. The van der Waals surface area contributed by atoms with Gasteiger partial charge in [-0.3, -0.25) is 9.79 Å². The van der Waals surface area contributed by atoms with E-state index in [4.69, 9.17) is 0 Å². The van der Waals surface area contributed by atoms with Crippen LogP contribution in [-0.4, -0.2) is 21.5 Å². The molecule has 4 nitrogen and oxygen atoms in total. The number of nitrogens with zero attached hydrogens (tertiary/aromatic N) is 2. The minimum Gasteiger partial charge on any atom is -0.338 e. The van der Waals surface area contributed by atoms with Crippen molar-refractivity contribution in [2.45, 2.75) is 20.3 Å². The van der Waals surface area contributed by atoms with Gasteiger partial charge < -0.3 is 4.98 Å². The third-order valence-corrected chi connectivity index (χ3v) is 3.35. The Kier molecular flexibility index (Phi) is 3.83. The number of benzene rings is 2. The summed E-state index contributed by atoms with van der Waals surface area (Å²) in [5.74, 6) is 0.970. The Morgan fingerprint density at radius 1 is 1.09 bits per heavy atom. The lowest BCUT2D eigenvalue weighted by Gasteiger charge is -2.00. The molecule has 1 N–H and O–H groups in total. The number of fused-ring (bicyclic) bond motifs is 1. The van der Waals surface area contributed by atoms with Gasteiger partial charge in [-0.1, -0.05) is 12.1 Å². The minimum absolute atomic E-state index is 0.125. The molecule has 0 atom stereocenters. The van der Waals surface area contributed by atoms with Crippen molar-refractivity contribution in [3.63, 3.8) is 0 Å². The number of carbonyl (C=O) groups excluding carboxylic acids is 1. The lowest BCUT2D eigenvalue weighted by atomic mass is 10.2. The van der Waals surface area contributed by atoms with Gasteiger partial charge >= 0.3 is 0 Å². The second-order valence-electron chi connectivity index (χ2n) is 5.38. The number of rotatable bonds is 4. The first-order valence-corrected chi connectivity index (χ1v) is 7.20. The number of aromatic nitrogens is 2. The third-order valence-electron chi connectivity index (χ3n) is 3.35. The average molecular weight is 291 g/mol. The molecule has 0 saturated heterocycles. The molecule has 0 bridgehead atoms. The van der Waals surface area contributed by atoms with Crippen LogP contribution in [0.1, 0.15) is 20.3 Å². The molecule has 0 aliphatic heterocycles. The third kappa shape index (κ3) is 3.11. The van der Waals surface area contributed by atoms with Crippen LogP contribution in [-0.2, 0) is 4.79 Å². The summed E-state index contributed by atoms with van der Waals surface area (Å²) in [4.78, 5) is 23.4. The number of carbonyl (C=O) groups is 1. The zero-order chi connectivity index (χ0) is 15.5. The molecule has 4 heteroatoms. The van der Waals surface area contributed by atoms with Crippen molar-refractivity contribution in [2.75, 3.05) is 0 Å². The van der Waals surface area contributed by atoms with E-state index in [0.29, 0.717) is 6.42 Å². The number of aromatic amines is 1. The van der Waals surface area contributed by atoms with Crippen LogP contribution in [0.4, 0.5) is 5.69 Å². The fraction of sp³-hybridized carbons (Fsp3) is 0.167. The Hall–Kier alpha value is -2.75. The number of hydrogen-bond acceptors (Lipinski definition) is 3. The maximum absolute atomic E-state index is 11.1. The minimum atomic E-state index is 0.125. The van der Waals surface area contributed by atoms with Crippen molar-refractivity contribution >= 4 is 28.2 Å². The molecular formula is C18H17N3O. The molecule has 2 aromatic carbocycles. The molecule has 0 amide bonds. The van der Waals surface area contributed by atoms with Gasteiger partial charge in [0.05, 0.1) is 16.7 Å². The normalized spacial score (nSPS) is 11.8. The van der Waals surface area contributed by atoms with Crippen molar-refractivity contribution in [2.24, 2.45) is 4.99 Å². The Bertz CT molecular complexity index is 811. The van der Waals surface area contributed by atoms with E-state index in [1.165, 1.54) is 0 Å². The van der Waals surface area contributed by atoms with Crippen molar-refractivity contribution in [3.05, 3.63) is 48.5 Å². The highest BCUT2D eigenvalue weighted by molar-refractivity contribution is 6.00. The quantitative estimate of drug-likeness (QED) is 0.728. The van der Waals surface area contributed by atoms with Crippen molar-refractivity contribution < 1.29 is 4.79 Å². The highest BCUT2D eigenvalue weighted by atomic mass is 16.1. The number of imidazole rings is 1. The maximum Gasteiger partial charge on any atom is 0.138 e. The fourth-order valence-corrected chi connectivity index (χ4v) is 2.40. The van der Waals surface area contributed by atoms with Crippen LogP contribution < -0.4 is 0 Å². The zero-order valence-corrected chi connectivity index (χ0v) is 12.6. The molecule has 0 fully saturated rings. The first kappa shape index (κ1) is 14.2. The van der Waals surface area contributed by atoms with Crippen LogP contribution in [0, 0.1) is 0 Å². The van der Waals surface area contributed by atoms with Crippen LogP contribution in [0.5, 0.6) is 0 Å². The fourth-order valence-electron chi connectivity index (χ4n) is 2.40. The van der Waals surface area contributed by atoms with Crippen LogP contribution in [0.15, 0.2) is 53.5 Å². The van der Waals surface area contributed by atoms with E-state index >= 15 is 0 Å². The number of nitrogens with one attached hydrogen (secondary N) is 1. The first-order valence-electron chi connectivity index (χ1n) is 7.20. The lowest BCUT2D eigenvalue weighted by Crippen LogP contribution is -1.98. The van der Waals surface area contributed by atoms with Crippen LogP contribution in [0.2, 0.25) is 0 Å². The van der Waals surface area contributed by atoms with Gasteiger partial charge in [-0.15, -0.1) is 0 Å². The van der Waals surface area contributed by atoms with Crippen molar-refractivity contribution in [3.8, 4) is 11.4 Å². The Morgan fingerprint density at radius 2 is 1.82 bits per heavy atom. The Morgan fingerprint density at radius 3 is 2.50 bits per heavy atom. The SMILES string of the molecule is CC(=O)CC(C)=Nc1ccc(-c2nc3ccccc3[nH]2)cc1. The molecule has 3 rings (SSSR count). The summed E-state index contributed by atoms with van der Waals surface area (Å²) in [6, 6.07) is 15.8. The Labute approximate surface area is 128 Å². The molecular weight excluding hydrogens is 274 g/mol. The van der Waals surface area contributed by atoms with E-state index in [0.717, 1.165) is 33.8 Å². The second kappa shape index (κ2) is 5.93. The number of para-hydroxylation sites is 2. The van der Waals surface area contributed by atoms with E-state index < -0.39 is 0 Å². The van der Waals surface area contributed by atoms with Gasteiger partial charge in [-0.05, 0) is 50.2 Å². The zero-order valence-electron chi connectivity index (χ0n) is 12.6. The molecule has 0 spiro atoms. The molecule has 22 heavy (non-hydrogen) atoms. The van der Waals surface area contributed by atoms with E-state index in [-0.39, 0.29) is 5.78 Å². The summed E-state index contributed by atoms with van der Waals surface area (Å²) in [5, 5.41) is 0. The molecule has 0 radical (unpaired) electrons. The van der Waals surface area contributed by atoms with Crippen LogP contribution in [0.3, 0.4) is 0 Å². The van der Waals surface area contributed by atoms with Crippen molar-refractivity contribution in [1.82, 2.24) is 9.97 Å². The van der Waals surface area contributed by atoms with Gasteiger partial charge in [0.25, 0.3) is 0 Å². The summed E-state index contributed by atoms with van der Waals surface area (Å²) in [7, 11) is 0. The molecule has 0 aliphatic rings. The van der Waals surface area contributed by atoms with Crippen LogP contribution in [0.25, 0.3) is 22.4 Å². The van der Waals surface area contributed by atoms with Gasteiger partial charge in [0, 0.05) is 17.7 Å². The Balaban J connectivity index is 1.86. The molecule has 0 saturated carbocycles. The predicted octanol–water partition coefficient (Wildman–Crippen LogP) is 4.30. The monoisotopic (exact) mass is 291 g/mol. The summed E-state index contributed by atoms with van der Waals surface area (Å²) >= 11 is 0. The van der Waals surface area contributed by atoms with Gasteiger partial charge in [-0.2, -0.15) is 0 Å². The number of Topliss-reactive ketones (excluding diaryl/α,β-unsaturated/α-hetero) is 1. The topological polar surface area (TPSA) is 58.1 Å². The first-order chi connectivity index (χ1) is 10.6. The summed E-state index contributed by atoms with van der Waals surface area (Å²) in [6.45, 7) is 3.44. The van der Waals surface area contributed by atoms with E-state index in [2.05, 4.69) is 15.0 Å². The maximum atomic E-state index is 11.1. The molecule has 110 valence electrons. The molecule has 1 heterocycles. The van der Waals surface area contributed by atoms with E-state index in [1.54, 1.807) is 6.92 Å². The van der Waals surface area contributed by atoms with Gasteiger partial charge in [-0.25, -0.2) is 4.98 Å². The highest BCUT2D eigenvalue weighted by Crippen LogP contribution is 2.23. The number of H-pyrrole nitrogens is 1. The molecule has 0 unspecified atom stereocenters. The highest BCUT2D eigenvalue weighted by Gasteiger charge is 2.05. The molecule has 1 aromatic heterocycles. The molecule has 3 aromatic rings. The van der Waals surface area contributed by atoms with Gasteiger partial charge in [0.15, 0.2) is 0 Å². The van der Waals surface area contributed by atoms with Crippen molar-refractivity contribution in [1.29, 1.82) is 0 Å². The number of aliphatic imine (C=N–C) groups is 1. The molecule has 0 aliphatic carbocycles. The smallest absolute Gasteiger partial charge is 0.138 e. The van der Waals surface area contributed by atoms with Gasteiger partial charge in [0.2, 0.25) is 0 Å². The summed E-state index contributed by atoms with van der Waals surface area (Å²) in [6.07, 6.45) is 0.394. The van der Waals surface area contributed by atoms with Crippen LogP contribution >= 0.6 is 0 Å². The summed E-state index contributed by atoms with van der Waals surface area (Å²) in [5.41, 5.74) is 4.66.